The van der Waals surface area contributed by atoms with Crippen LogP contribution >= 0.6 is 0 Å². The normalized spacial score (nSPS) is 29.9. The number of methoxy groups -OCH3 is 1. The molecule has 1 unspecified atom stereocenters. The highest BCUT2D eigenvalue weighted by molar-refractivity contribution is 5.08. The smallest absolute Gasteiger partial charge is 0.0673 e. The summed E-state index contributed by atoms with van der Waals surface area (Å²) in [6, 6.07) is 0. The van der Waals surface area contributed by atoms with E-state index in [1.165, 1.54) is 44.6 Å². The van der Waals surface area contributed by atoms with Crippen LogP contribution in [0.4, 0.5) is 0 Å². The molecule has 2 rings (SSSR count). The first-order valence-corrected chi connectivity index (χ1v) is 7.26. The first kappa shape index (κ1) is 14.0. The molecule has 2 heterocycles. The van der Waals surface area contributed by atoms with Crippen LogP contribution in [0.15, 0.2) is 11.6 Å². The van der Waals surface area contributed by atoms with Crippen LogP contribution in [0.25, 0.3) is 0 Å². The highest BCUT2D eigenvalue weighted by atomic mass is 16.5. The zero-order chi connectivity index (χ0) is 13.0. The summed E-state index contributed by atoms with van der Waals surface area (Å²) in [5.41, 5.74) is 1.96. The fraction of sp³-hybridized carbons (Fsp3) is 0.867. The molecular formula is C15H28N2O. The Kier molecular flexibility index (Phi) is 4.82. The lowest BCUT2D eigenvalue weighted by atomic mass is 9.76. The Hall–Kier alpha value is -0.380. The molecule has 104 valence electrons. The van der Waals surface area contributed by atoms with E-state index < -0.39 is 0 Å². The van der Waals surface area contributed by atoms with Crippen molar-refractivity contribution in [3.8, 4) is 0 Å². The third-order valence-corrected chi connectivity index (χ3v) is 4.76. The third kappa shape index (κ3) is 3.14. The van der Waals surface area contributed by atoms with Crippen molar-refractivity contribution in [2.45, 2.75) is 26.7 Å². The molecule has 0 radical (unpaired) electrons. The Morgan fingerprint density at radius 1 is 1.50 bits per heavy atom. The van der Waals surface area contributed by atoms with Crippen molar-refractivity contribution in [2.75, 3.05) is 46.4 Å². The first-order chi connectivity index (χ1) is 8.66. The van der Waals surface area contributed by atoms with Crippen molar-refractivity contribution < 1.29 is 4.74 Å². The van der Waals surface area contributed by atoms with Crippen LogP contribution in [0.2, 0.25) is 0 Å². The minimum absolute atomic E-state index is 0.493. The molecule has 0 aromatic heterocycles. The second-order valence-corrected chi connectivity index (χ2v) is 6.22. The Morgan fingerprint density at radius 3 is 2.83 bits per heavy atom. The van der Waals surface area contributed by atoms with Crippen molar-refractivity contribution in [3.05, 3.63) is 11.6 Å². The SMILES string of the molecule is COCC1=CCN(CC2(C(C)C)CCNC2)CC1. The maximum Gasteiger partial charge on any atom is 0.0673 e. The van der Waals surface area contributed by atoms with E-state index >= 15 is 0 Å². The molecule has 3 heteroatoms. The second-order valence-electron chi connectivity index (χ2n) is 6.22. The van der Waals surface area contributed by atoms with Crippen LogP contribution in [0.3, 0.4) is 0 Å². The average Bonchev–Trinajstić information content (AvgIpc) is 2.82. The van der Waals surface area contributed by atoms with E-state index in [4.69, 9.17) is 4.74 Å². The maximum absolute atomic E-state index is 5.21. The second kappa shape index (κ2) is 6.18. The number of nitrogens with zero attached hydrogens (tertiary/aromatic N) is 1. The molecule has 0 aromatic carbocycles. The summed E-state index contributed by atoms with van der Waals surface area (Å²) < 4.78 is 5.21. The topological polar surface area (TPSA) is 24.5 Å². The molecule has 18 heavy (non-hydrogen) atoms. The number of rotatable bonds is 5. The minimum Gasteiger partial charge on any atom is -0.380 e. The molecule has 1 saturated heterocycles. The molecule has 0 aromatic rings. The van der Waals surface area contributed by atoms with Crippen molar-refractivity contribution >= 4 is 0 Å². The lowest BCUT2D eigenvalue weighted by Crippen LogP contribution is -2.44. The van der Waals surface area contributed by atoms with E-state index in [1.54, 1.807) is 7.11 Å². The molecule has 3 nitrogen and oxygen atoms in total. The zero-order valence-corrected chi connectivity index (χ0v) is 12.2. The van der Waals surface area contributed by atoms with Crippen LogP contribution in [-0.2, 0) is 4.74 Å². The Balaban J connectivity index is 1.90. The Labute approximate surface area is 112 Å². The largest absolute Gasteiger partial charge is 0.380 e. The van der Waals surface area contributed by atoms with Gasteiger partial charge in [-0.05, 0) is 36.3 Å². The molecule has 1 atom stereocenters. The summed E-state index contributed by atoms with van der Waals surface area (Å²) in [5, 5.41) is 3.55. The summed E-state index contributed by atoms with van der Waals surface area (Å²) in [6.45, 7) is 11.5. The predicted molar refractivity (Wildman–Crippen MR) is 75.8 cm³/mol. The van der Waals surface area contributed by atoms with Gasteiger partial charge in [0.25, 0.3) is 0 Å². The first-order valence-electron chi connectivity index (χ1n) is 7.26. The van der Waals surface area contributed by atoms with Crippen LogP contribution in [0.5, 0.6) is 0 Å². The van der Waals surface area contributed by atoms with Gasteiger partial charge in [-0.2, -0.15) is 0 Å². The molecule has 2 aliphatic rings. The van der Waals surface area contributed by atoms with Crippen molar-refractivity contribution in [1.29, 1.82) is 0 Å². The fourth-order valence-corrected chi connectivity index (χ4v) is 3.23. The van der Waals surface area contributed by atoms with Crippen LogP contribution < -0.4 is 5.32 Å². The number of hydrogen-bond donors (Lipinski definition) is 1. The molecule has 1 fully saturated rings. The number of hydrogen-bond acceptors (Lipinski definition) is 3. The van der Waals surface area contributed by atoms with Crippen molar-refractivity contribution in [2.24, 2.45) is 11.3 Å². The van der Waals surface area contributed by atoms with Gasteiger partial charge in [0.05, 0.1) is 6.61 Å². The zero-order valence-electron chi connectivity index (χ0n) is 12.2. The summed E-state index contributed by atoms with van der Waals surface area (Å²) >= 11 is 0. The molecule has 0 spiro atoms. The van der Waals surface area contributed by atoms with Gasteiger partial charge >= 0.3 is 0 Å². The Bertz CT molecular complexity index is 293. The number of nitrogens with one attached hydrogen (secondary N) is 1. The summed E-state index contributed by atoms with van der Waals surface area (Å²) in [4.78, 5) is 2.62. The van der Waals surface area contributed by atoms with E-state index in [-0.39, 0.29) is 0 Å². The highest BCUT2D eigenvalue weighted by Gasteiger charge is 2.38. The van der Waals surface area contributed by atoms with Gasteiger partial charge in [-0.3, -0.25) is 4.90 Å². The standard InChI is InChI=1S/C15H28N2O/c1-13(2)15(6-7-16-11-15)12-17-8-4-14(5-9-17)10-18-3/h4,13,16H,5-12H2,1-3H3. The van der Waals surface area contributed by atoms with Crippen LogP contribution in [0, 0.1) is 11.3 Å². The lowest BCUT2D eigenvalue weighted by molar-refractivity contribution is 0.120. The van der Waals surface area contributed by atoms with Gasteiger partial charge in [0.1, 0.15) is 0 Å². The number of ether oxygens (including phenoxy) is 1. The van der Waals surface area contributed by atoms with Gasteiger partial charge in [-0.1, -0.05) is 19.9 Å². The van der Waals surface area contributed by atoms with Crippen LogP contribution in [-0.4, -0.2) is 51.3 Å². The van der Waals surface area contributed by atoms with Crippen molar-refractivity contribution in [3.63, 3.8) is 0 Å². The van der Waals surface area contributed by atoms with E-state index in [9.17, 15) is 0 Å². The quantitative estimate of drug-likeness (QED) is 0.756. The van der Waals surface area contributed by atoms with Gasteiger partial charge in [0.2, 0.25) is 0 Å². The van der Waals surface area contributed by atoms with E-state index in [0.29, 0.717) is 5.41 Å². The molecule has 0 amide bonds. The summed E-state index contributed by atoms with van der Waals surface area (Å²) in [5.74, 6) is 0.761. The monoisotopic (exact) mass is 252 g/mol. The van der Waals surface area contributed by atoms with Crippen LogP contribution in [0.1, 0.15) is 26.7 Å². The molecular weight excluding hydrogens is 224 g/mol. The Morgan fingerprint density at radius 2 is 2.33 bits per heavy atom. The van der Waals surface area contributed by atoms with Gasteiger partial charge < -0.3 is 10.1 Å². The molecule has 2 aliphatic heterocycles. The minimum atomic E-state index is 0.493. The summed E-state index contributed by atoms with van der Waals surface area (Å²) in [7, 11) is 1.78. The summed E-state index contributed by atoms with van der Waals surface area (Å²) in [6.07, 6.45) is 4.87. The third-order valence-electron chi connectivity index (χ3n) is 4.76. The van der Waals surface area contributed by atoms with Gasteiger partial charge in [0, 0.05) is 33.3 Å². The maximum atomic E-state index is 5.21. The molecule has 0 bridgehead atoms. The van der Waals surface area contributed by atoms with E-state index in [1.807, 2.05) is 0 Å². The average molecular weight is 252 g/mol. The van der Waals surface area contributed by atoms with Gasteiger partial charge in [-0.15, -0.1) is 0 Å². The molecule has 0 aliphatic carbocycles. The van der Waals surface area contributed by atoms with Gasteiger partial charge in [0.15, 0.2) is 0 Å². The van der Waals surface area contributed by atoms with Crippen molar-refractivity contribution in [1.82, 2.24) is 10.2 Å². The fourth-order valence-electron chi connectivity index (χ4n) is 3.23. The van der Waals surface area contributed by atoms with E-state index in [2.05, 4.69) is 30.1 Å². The molecule has 0 saturated carbocycles. The molecule has 1 N–H and O–H groups in total. The lowest BCUT2D eigenvalue weighted by Gasteiger charge is -2.39. The highest BCUT2D eigenvalue weighted by Crippen LogP contribution is 2.35. The van der Waals surface area contributed by atoms with E-state index in [0.717, 1.165) is 19.1 Å². The van der Waals surface area contributed by atoms with Gasteiger partial charge in [-0.25, -0.2) is 0 Å². The predicted octanol–water partition coefficient (Wildman–Crippen LogP) is 1.90.